The fourth-order valence-corrected chi connectivity index (χ4v) is 5.18. The minimum Gasteiger partial charge on any atom is -0.497 e. The van der Waals surface area contributed by atoms with Gasteiger partial charge in [0.15, 0.2) is 0 Å². The highest BCUT2D eigenvalue weighted by atomic mass is 28.3. The van der Waals surface area contributed by atoms with Crippen LogP contribution in [0.25, 0.3) is 16.8 Å². The van der Waals surface area contributed by atoms with Crippen molar-refractivity contribution >= 4 is 24.9 Å². The first-order valence-electron chi connectivity index (χ1n) is 10.5. The average Bonchev–Trinajstić information content (AvgIpc) is 3.16. The zero-order chi connectivity index (χ0) is 22.9. The molecule has 164 valence electrons. The SMILES string of the molecule is COC(=O)c1cccc(Cc2c(-c3ccccc3)nn3c([Si](C)(C)C)cc(OC)cc23)n1. The van der Waals surface area contributed by atoms with E-state index in [9.17, 15) is 4.79 Å². The Morgan fingerprint density at radius 2 is 1.75 bits per heavy atom. The van der Waals surface area contributed by atoms with Crippen LogP contribution in [0.1, 0.15) is 21.7 Å². The fraction of sp³-hybridized carbons (Fsp3) is 0.240. The number of hydrogen-bond donors (Lipinski definition) is 0. The lowest BCUT2D eigenvalue weighted by atomic mass is 10.0. The van der Waals surface area contributed by atoms with Crippen molar-refractivity contribution in [1.82, 2.24) is 14.6 Å². The molecule has 0 aliphatic carbocycles. The summed E-state index contributed by atoms with van der Waals surface area (Å²) in [5, 5.41) is 6.26. The van der Waals surface area contributed by atoms with E-state index in [1.54, 1.807) is 13.2 Å². The Labute approximate surface area is 188 Å². The maximum absolute atomic E-state index is 12.0. The van der Waals surface area contributed by atoms with Gasteiger partial charge in [-0.25, -0.2) is 14.3 Å². The number of hydrogen-bond acceptors (Lipinski definition) is 5. The van der Waals surface area contributed by atoms with Crippen LogP contribution in [0, 0.1) is 0 Å². The summed E-state index contributed by atoms with van der Waals surface area (Å²) in [7, 11) is 1.32. The Balaban J connectivity index is 1.96. The van der Waals surface area contributed by atoms with Crippen LogP contribution in [0.3, 0.4) is 0 Å². The van der Waals surface area contributed by atoms with E-state index >= 15 is 0 Å². The van der Waals surface area contributed by atoms with Gasteiger partial charge in [-0.2, -0.15) is 5.10 Å². The van der Waals surface area contributed by atoms with E-state index in [1.807, 2.05) is 36.4 Å². The molecule has 3 aromatic heterocycles. The smallest absolute Gasteiger partial charge is 0.356 e. The third kappa shape index (κ3) is 4.16. The van der Waals surface area contributed by atoms with Crippen LogP contribution in [-0.4, -0.2) is 42.9 Å². The molecular formula is C25H27N3O3Si. The Morgan fingerprint density at radius 3 is 2.41 bits per heavy atom. The van der Waals surface area contributed by atoms with Gasteiger partial charge in [0, 0.05) is 34.6 Å². The number of benzene rings is 1. The largest absolute Gasteiger partial charge is 0.497 e. The number of rotatable bonds is 6. The molecule has 6 nitrogen and oxygen atoms in total. The number of fused-ring (bicyclic) bond motifs is 1. The van der Waals surface area contributed by atoms with Gasteiger partial charge in [-0.05, 0) is 18.2 Å². The second-order valence-electron chi connectivity index (χ2n) is 8.70. The lowest BCUT2D eigenvalue weighted by molar-refractivity contribution is 0.0593. The quantitative estimate of drug-likeness (QED) is 0.327. The van der Waals surface area contributed by atoms with E-state index < -0.39 is 14.0 Å². The predicted molar refractivity (Wildman–Crippen MR) is 129 cm³/mol. The molecule has 0 N–H and O–H groups in total. The van der Waals surface area contributed by atoms with Crippen molar-refractivity contribution in [2.45, 2.75) is 26.1 Å². The average molecular weight is 446 g/mol. The van der Waals surface area contributed by atoms with Gasteiger partial charge in [0.25, 0.3) is 0 Å². The molecule has 0 aliphatic rings. The molecule has 0 aliphatic heterocycles. The Morgan fingerprint density at radius 1 is 1.00 bits per heavy atom. The van der Waals surface area contributed by atoms with Gasteiger partial charge in [-0.3, -0.25) is 0 Å². The van der Waals surface area contributed by atoms with Crippen LogP contribution in [0.2, 0.25) is 19.6 Å². The molecule has 0 saturated heterocycles. The van der Waals surface area contributed by atoms with E-state index in [0.29, 0.717) is 12.1 Å². The van der Waals surface area contributed by atoms with Gasteiger partial charge >= 0.3 is 5.97 Å². The molecule has 0 fully saturated rings. The molecule has 0 unspecified atom stereocenters. The third-order valence-electron chi connectivity index (χ3n) is 5.42. The zero-order valence-electron chi connectivity index (χ0n) is 19.0. The van der Waals surface area contributed by atoms with E-state index in [0.717, 1.165) is 33.8 Å². The molecule has 32 heavy (non-hydrogen) atoms. The van der Waals surface area contributed by atoms with Crippen molar-refractivity contribution in [2.75, 3.05) is 14.2 Å². The van der Waals surface area contributed by atoms with Crippen molar-refractivity contribution in [3.8, 4) is 17.0 Å². The Bertz CT molecular complexity index is 1280. The van der Waals surface area contributed by atoms with Crippen LogP contribution in [0.4, 0.5) is 0 Å². The highest BCUT2D eigenvalue weighted by Crippen LogP contribution is 2.30. The molecular weight excluding hydrogens is 418 g/mol. The Kier molecular flexibility index (Phi) is 5.84. The first-order chi connectivity index (χ1) is 15.3. The summed E-state index contributed by atoms with van der Waals surface area (Å²) in [6.45, 7) is 6.89. The summed E-state index contributed by atoms with van der Waals surface area (Å²) < 4.78 is 12.6. The molecule has 0 atom stereocenters. The molecule has 0 radical (unpaired) electrons. The van der Waals surface area contributed by atoms with Gasteiger partial charge < -0.3 is 9.47 Å². The van der Waals surface area contributed by atoms with Crippen molar-refractivity contribution in [2.24, 2.45) is 0 Å². The molecule has 3 heterocycles. The van der Waals surface area contributed by atoms with Crippen molar-refractivity contribution in [3.05, 3.63) is 77.6 Å². The van der Waals surface area contributed by atoms with E-state index in [4.69, 9.17) is 14.6 Å². The maximum Gasteiger partial charge on any atom is 0.356 e. The van der Waals surface area contributed by atoms with Gasteiger partial charge in [0.05, 0.1) is 25.4 Å². The van der Waals surface area contributed by atoms with Crippen LogP contribution in [0.15, 0.2) is 60.7 Å². The van der Waals surface area contributed by atoms with E-state index in [1.165, 1.54) is 12.4 Å². The van der Waals surface area contributed by atoms with E-state index in [2.05, 4.69) is 47.3 Å². The number of pyridine rings is 2. The van der Waals surface area contributed by atoms with Crippen molar-refractivity contribution in [1.29, 1.82) is 0 Å². The lowest BCUT2D eigenvalue weighted by Gasteiger charge is -2.19. The molecule has 0 bridgehead atoms. The van der Waals surface area contributed by atoms with Crippen LogP contribution in [0.5, 0.6) is 5.75 Å². The fourth-order valence-electron chi connectivity index (χ4n) is 3.80. The number of methoxy groups -OCH3 is 2. The normalized spacial score (nSPS) is 11.5. The Hall–Kier alpha value is -3.45. The standard InChI is InChI=1S/C25H27N3O3Si/c1-30-19-15-22-20(14-18-12-9-13-21(26-18)25(29)31-2)24(17-10-7-6-8-11-17)27-28(22)23(16-19)32(3,4)5/h6-13,15-16H,14H2,1-5H3. The zero-order valence-corrected chi connectivity index (χ0v) is 20.0. The molecule has 7 heteroatoms. The first kappa shape index (κ1) is 21.8. The van der Waals surface area contributed by atoms with Gasteiger partial charge in [0.1, 0.15) is 19.5 Å². The second kappa shape index (κ2) is 8.59. The minimum absolute atomic E-state index is 0.295. The number of carbonyl (C=O) groups excluding carboxylic acids is 1. The summed E-state index contributed by atoms with van der Waals surface area (Å²) >= 11 is 0. The van der Waals surface area contributed by atoms with Crippen LogP contribution < -0.4 is 10.1 Å². The number of carbonyl (C=O) groups is 1. The lowest BCUT2D eigenvalue weighted by Crippen LogP contribution is -2.42. The second-order valence-corrected chi connectivity index (χ2v) is 13.7. The van der Waals surface area contributed by atoms with Crippen molar-refractivity contribution < 1.29 is 14.3 Å². The number of esters is 1. The van der Waals surface area contributed by atoms with E-state index in [-0.39, 0.29) is 0 Å². The van der Waals surface area contributed by atoms with Crippen LogP contribution in [-0.2, 0) is 11.2 Å². The minimum atomic E-state index is -1.73. The summed E-state index contributed by atoms with van der Waals surface area (Å²) in [5.74, 6) is 0.365. The van der Waals surface area contributed by atoms with Gasteiger partial charge in [-0.15, -0.1) is 0 Å². The first-order valence-corrected chi connectivity index (χ1v) is 14.0. The van der Waals surface area contributed by atoms with Gasteiger partial charge in [-0.1, -0.05) is 56.0 Å². The number of nitrogens with zero attached hydrogens (tertiary/aromatic N) is 3. The number of ether oxygens (including phenoxy) is 2. The number of aromatic nitrogens is 3. The summed E-state index contributed by atoms with van der Waals surface area (Å²) in [6, 6.07) is 19.7. The highest BCUT2D eigenvalue weighted by molar-refractivity contribution is 6.88. The summed E-state index contributed by atoms with van der Waals surface area (Å²) in [6.07, 6.45) is 0.525. The molecule has 0 saturated carbocycles. The summed E-state index contributed by atoms with van der Waals surface area (Å²) in [5.41, 5.74) is 5.05. The maximum atomic E-state index is 12.0. The summed E-state index contributed by atoms with van der Waals surface area (Å²) in [4.78, 5) is 16.5. The van der Waals surface area contributed by atoms with Crippen LogP contribution >= 0.6 is 0 Å². The molecule has 0 amide bonds. The topological polar surface area (TPSA) is 65.7 Å². The monoisotopic (exact) mass is 445 g/mol. The van der Waals surface area contributed by atoms with Gasteiger partial charge in [0.2, 0.25) is 0 Å². The van der Waals surface area contributed by atoms with Crippen molar-refractivity contribution in [3.63, 3.8) is 0 Å². The highest BCUT2D eigenvalue weighted by Gasteiger charge is 2.25. The third-order valence-corrected chi connectivity index (χ3v) is 7.31. The molecule has 4 rings (SSSR count). The molecule has 1 aromatic carbocycles. The molecule has 0 spiro atoms. The molecule has 4 aromatic rings. The predicted octanol–water partition coefficient (Wildman–Crippen LogP) is 4.33.